The number of Topliss-reactive ketones (excluding diaryl/α,β-unsaturated/α-hetero) is 1. The monoisotopic (exact) mass is 348 g/mol. The van der Waals surface area contributed by atoms with Crippen LogP contribution in [0.2, 0.25) is 0 Å². The lowest BCUT2D eigenvalue weighted by Crippen LogP contribution is -2.24. The highest BCUT2D eigenvalue weighted by molar-refractivity contribution is 9.10. The van der Waals surface area contributed by atoms with E-state index >= 15 is 0 Å². The van der Waals surface area contributed by atoms with Gasteiger partial charge in [-0.3, -0.25) is 9.48 Å². The normalized spacial score (nSPS) is 17.1. The largest absolute Gasteiger partial charge is 0.493 e. The second kappa shape index (κ2) is 6.02. The third kappa shape index (κ3) is 2.62. The molecule has 3 rings (SSSR count). The van der Waals surface area contributed by atoms with Gasteiger partial charge < -0.3 is 4.74 Å². The number of aryl methyl sites for hydroxylation is 1. The molecule has 0 radical (unpaired) electrons. The highest BCUT2D eigenvalue weighted by Gasteiger charge is 2.31. The minimum absolute atomic E-state index is 0.114. The molecular formula is C16H17BrN2O2. The number of ketones is 1. The van der Waals surface area contributed by atoms with Crippen LogP contribution in [-0.2, 0) is 6.54 Å². The zero-order chi connectivity index (χ0) is 14.8. The van der Waals surface area contributed by atoms with Crippen molar-refractivity contribution < 1.29 is 9.53 Å². The van der Waals surface area contributed by atoms with E-state index in [2.05, 4.69) is 28.0 Å². The van der Waals surface area contributed by atoms with Crippen molar-refractivity contribution in [1.82, 2.24) is 9.78 Å². The lowest BCUT2D eigenvalue weighted by Gasteiger charge is -2.25. The SMILES string of the molecule is CCCn1ncc(Br)c1C(=O)C1CCOc2ccccc21. The van der Waals surface area contributed by atoms with Gasteiger partial charge in [-0.2, -0.15) is 5.10 Å². The molecule has 0 saturated carbocycles. The predicted octanol–water partition coefficient (Wildman–Crippen LogP) is 3.80. The van der Waals surface area contributed by atoms with Crippen molar-refractivity contribution in [3.05, 3.63) is 46.2 Å². The molecule has 1 aliphatic heterocycles. The van der Waals surface area contributed by atoms with Gasteiger partial charge in [-0.15, -0.1) is 0 Å². The number of carbonyl (C=O) groups is 1. The van der Waals surface area contributed by atoms with Crippen molar-refractivity contribution in [2.45, 2.75) is 32.2 Å². The number of fused-ring (bicyclic) bond motifs is 1. The first kappa shape index (κ1) is 14.3. The molecule has 1 atom stereocenters. The van der Waals surface area contributed by atoms with E-state index in [0.717, 1.165) is 28.8 Å². The summed E-state index contributed by atoms with van der Waals surface area (Å²) < 4.78 is 8.21. The first-order valence-corrected chi connectivity index (χ1v) is 7.99. The molecule has 21 heavy (non-hydrogen) atoms. The highest BCUT2D eigenvalue weighted by Crippen LogP contribution is 2.36. The number of hydrogen-bond acceptors (Lipinski definition) is 3. The minimum Gasteiger partial charge on any atom is -0.493 e. The van der Waals surface area contributed by atoms with Crippen LogP contribution in [0.25, 0.3) is 0 Å². The first-order chi connectivity index (χ1) is 10.2. The van der Waals surface area contributed by atoms with E-state index in [0.29, 0.717) is 18.7 Å². The topological polar surface area (TPSA) is 44.1 Å². The summed E-state index contributed by atoms with van der Waals surface area (Å²) in [5.41, 5.74) is 1.64. The fraction of sp³-hybridized carbons (Fsp3) is 0.375. The van der Waals surface area contributed by atoms with Crippen molar-refractivity contribution in [2.24, 2.45) is 0 Å². The first-order valence-electron chi connectivity index (χ1n) is 7.19. The van der Waals surface area contributed by atoms with Crippen LogP contribution in [0.4, 0.5) is 0 Å². The van der Waals surface area contributed by atoms with Crippen LogP contribution in [-0.4, -0.2) is 22.2 Å². The number of halogens is 1. The molecule has 4 nitrogen and oxygen atoms in total. The molecule has 2 heterocycles. The average Bonchev–Trinajstić information content (AvgIpc) is 2.87. The Labute approximate surface area is 132 Å². The zero-order valence-corrected chi connectivity index (χ0v) is 13.5. The molecule has 1 aromatic heterocycles. The predicted molar refractivity (Wildman–Crippen MR) is 83.8 cm³/mol. The van der Waals surface area contributed by atoms with E-state index in [4.69, 9.17) is 4.74 Å². The van der Waals surface area contributed by atoms with Crippen LogP contribution in [0.15, 0.2) is 34.9 Å². The van der Waals surface area contributed by atoms with Gasteiger partial charge >= 0.3 is 0 Å². The molecular weight excluding hydrogens is 332 g/mol. The molecule has 1 aliphatic rings. The Morgan fingerprint density at radius 3 is 3.10 bits per heavy atom. The number of nitrogens with zero attached hydrogens (tertiary/aromatic N) is 2. The Morgan fingerprint density at radius 1 is 1.48 bits per heavy atom. The third-order valence-corrected chi connectivity index (χ3v) is 4.32. The van der Waals surface area contributed by atoms with Crippen molar-refractivity contribution in [1.29, 1.82) is 0 Å². The lowest BCUT2D eigenvalue weighted by atomic mass is 9.88. The van der Waals surface area contributed by atoms with Gasteiger partial charge in [-0.25, -0.2) is 0 Å². The van der Waals surface area contributed by atoms with Gasteiger partial charge in [-0.05, 0) is 34.8 Å². The Kier molecular flexibility index (Phi) is 4.10. The van der Waals surface area contributed by atoms with Crippen LogP contribution in [0.3, 0.4) is 0 Å². The summed E-state index contributed by atoms with van der Waals surface area (Å²) in [6.07, 6.45) is 3.35. The molecule has 2 aromatic rings. The number of para-hydroxylation sites is 1. The van der Waals surface area contributed by atoms with Crippen LogP contribution in [0, 0.1) is 0 Å². The molecule has 110 valence electrons. The van der Waals surface area contributed by atoms with Crippen LogP contribution in [0.5, 0.6) is 5.75 Å². The summed E-state index contributed by atoms with van der Waals surface area (Å²) in [6.45, 7) is 3.40. The summed E-state index contributed by atoms with van der Waals surface area (Å²) in [7, 11) is 0. The van der Waals surface area contributed by atoms with E-state index in [1.165, 1.54) is 0 Å². The fourth-order valence-corrected chi connectivity index (χ4v) is 3.26. The van der Waals surface area contributed by atoms with Crippen molar-refractivity contribution in [3.8, 4) is 5.75 Å². The van der Waals surface area contributed by atoms with Gasteiger partial charge in [0.1, 0.15) is 11.4 Å². The standard InChI is InChI=1S/C16H17BrN2O2/c1-2-8-19-15(13(17)10-18-19)16(20)12-7-9-21-14-6-4-3-5-11(12)14/h3-6,10,12H,2,7-9H2,1H3. The summed E-state index contributed by atoms with van der Waals surface area (Å²) in [5, 5.41) is 4.30. The number of hydrogen-bond donors (Lipinski definition) is 0. The van der Waals surface area contributed by atoms with Crippen LogP contribution < -0.4 is 4.74 Å². The average molecular weight is 349 g/mol. The molecule has 0 saturated heterocycles. The van der Waals surface area contributed by atoms with Gasteiger partial charge in [-0.1, -0.05) is 25.1 Å². The summed E-state index contributed by atoms with van der Waals surface area (Å²) >= 11 is 3.46. The van der Waals surface area contributed by atoms with E-state index < -0.39 is 0 Å². The highest BCUT2D eigenvalue weighted by atomic mass is 79.9. The molecule has 1 unspecified atom stereocenters. The van der Waals surface area contributed by atoms with Crippen molar-refractivity contribution in [2.75, 3.05) is 6.61 Å². The number of benzene rings is 1. The van der Waals surface area contributed by atoms with Gasteiger partial charge in [0, 0.05) is 12.1 Å². The minimum atomic E-state index is -0.154. The maximum Gasteiger partial charge on any atom is 0.189 e. The van der Waals surface area contributed by atoms with Gasteiger partial charge in [0.15, 0.2) is 5.78 Å². The second-order valence-corrected chi connectivity index (χ2v) is 6.01. The number of ether oxygens (including phenoxy) is 1. The van der Waals surface area contributed by atoms with Gasteiger partial charge in [0.2, 0.25) is 0 Å². The maximum atomic E-state index is 13.0. The number of aromatic nitrogens is 2. The van der Waals surface area contributed by atoms with Crippen molar-refractivity contribution >= 4 is 21.7 Å². The Hall–Kier alpha value is -1.62. The summed E-state index contributed by atoms with van der Waals surface area (Å²) in [4.78, 5) is 13.0. The van der Waals surface area contributed by atoms with E-state index in [1.807, 2.05) is 24.3 Å². The number of carbonyl (C=O) groups excluding carboxylic acids is 1. The molecule has 5 heteroatoms. The van der Waals surface area contributed by atoms with E-state index in [-0.39, 0.29) is 11.7 Å². The zero-order valence-electron chi connectivity index (χ0n) is 11.9. The van der Waals surface area contributed by atoms with Crippen LogP contribution >= 0.6 is 15.9 Å². The molecule has 0 spiro atoms. The van der Waals surface area contributed by atoms with E-state index in [1.54, 1.807) is 10.9 Å². The molecule has 0 amide bonds. The molecule has 0 fully saturated rings. The fourth-order valence-electron chi connectivity index (χ4n) is 2.77. The quantitative estimate of drug-likeness (QED) is 0.789. The smallest absolute Gasteiger partial charge is 0.189 e. The molecule has 0 aliphatic carbocycles. The van der Waals surface area contributed by atoms with E-state index in [9.17, 15) is 4.79 Å². The third-order valence-electron chi connectivity index (χ3n) is 3.74. The summed E-state index contributed by atoms with van der Waals surface area (Å²) in [6, 6.07) is 7.79. The molecule has 0 bridgehead atoms. The van der Waals surface area contributed by atoms with Crippen molar-refractivity contribution in [3.63, 3.8) is 0 Å². The van der Waals surface area contributed by atoms with Gasteiger partial charge in [0.25, 0.3) is 0 Å². The van der Waals surface area contributed by atoms with Crippen LogP contribution in [0.1, 0.15) is 41.7 Å². The van der Waals surface area contributed by atoms with Gasteiger partial charge in [0.05, 0.1) is 23.2 Å². The maximum absolute atomic E-state index is 13.0. The Bertz CT molecular complexity index is 666. The Morgan fingerprint density at radius 2 is 2.29 bits per heavy atom. The molecule has 0 N–H and O–H groups in total. The molecule has 1 aromatic carbocycles. The number of rotatable bonds is 4. The Balaban J connectivity index is 1.99. The second-order valence-electron chi connectivity index (χ2n) is 5.16. The lowest BCUT2D eigenvalue weighted by molar-refractivity contribution is 0.0921. The summed E-state index contributed by atoms with van der Waals surface area (Å²) in [5.74, 6) is 0.780.